The van der Waals surface area contributed by atoms with Gasteiger partial charge in [-0.1, -0.05) is 27.7 Å². The molecule has 0 aromatic rings. The van der Waals surface area contributed by atoms with Gasteiger partial charge in [-0.05, 0) is 34.1 Å². The summed E-state index contributed by atoms with van der Waals surface area (Å²) in [6.07, 6.45) is 2.09. The van der Waals surface area contributed by atoms with Crippen molar-refractivity contribution in [1.29, 1.82) is 0 Å². The number of aldehydes is 1. The molecular formula is C22H42N2O5. The van der Waals surface area contributed by atoms with Gasteiger partial charge in [-0.15, -0.1) is 0 Å². The second kappa shape index (κ2) is 14.3. The Bertz CT molecular complexity index is 533. The van der Waals surface area contributed by atoms with E-state index in [9.17, 15) is 19.2 Å². The Morgan fingerprint density at radius 2 is 1.72 bits per heavy atom. The standard InChI is InChI=1S/C20H36N2O5.C2H6/c1-8-20(6,12-16(3)24)27-14-19(4,5)21-17(25)9-10-22(7)18(26)11-15(2)13-23;1-2/h13,15H,8-12,14H2,1-7H3,(H,21,25);1-2H3. The molecule has 29 heavy (non-hydrogen) atoms. The zero-order chi connectivity index (χ0) is 23.3. The number of amides is 2. The maximum atomic E-state index is 12.2. The Kier molecular flexibility index (Phi) is 14.5. The molecule has 2 unspecified atom stereocenters. The SMILES string of the molecule is CC.CCC(C)(CC(C)=O)OCC(C)(C)NC(=O)CCN(C)C(=O)CC(C)C=O. The fourth-order valence-electron chi connectivity index (χ4n) is 2.51. The molecular weight excluding hydrogens is 372 g/mol. The van der Waals surface area contributed by atoms with Gasteiger partial charge in [-0.25, -0.2) is 0 Å². The van der Waals surface area contributed by atoms with E-state index in [1.807, 2.05) is 41.5 Å². The summed E-state index contributed by atoms with van der Waals surface area (Å²) in [5.74, 6) is -0.602. The summed E-state index contributed by atoms with van der Waals surface area (Å²) in [6.45, 7) is 15.4. The van der Waals surface area contributed by atoms with Crippen LogP contribution in [0.25, 0.3) is 0 Å². The fraction of sp³-hybridized carbons (Fsp3) is 0.818. The third-order valence-corrected chi connectivity index (χ3v) is 4.46. The highest BCUT2D eigenvalue weighted by atomic mass is 16.5. The molecule has 7 nitrogen and oxygen atoms in total. The number of Topliss-reactive ketones (excluding diaryl/α,β-unsaturated/α-hetero) is 1. The smallest absolute Gasteiger partial charge is 0.223 e. The van der Waals surface area contributed by atoms with Gasteiger partial charge in [-0.3, -0.25) is 14.4 Å². The van der Waals surface area contributed by atoms with E-state index in [0.717, 1.165) is 6.29 Å². The zero-order valence-corrected chi connectivity index (χ0v) is 19.9. The highest BCUT2D eigenvalue weighted by Crippen LogP contribution is 2.22. The number of nitrogens with zero attached hydrogens (tertiary/aromatic N) is 1. The van der Waals surface area contributed by atoms with Crippen LogP contribution < -0.4 is 5.32 Å². The quantitative estimate of drug-likeness (QED) is 0.467. The van der Waals surface area contributed by atoms with Crippen LogP contribution in [-0.2, 0) is 23.9 Å². The van der Waals surface area contributed by atoms with Gasteiger partial charge in [-0.2, -0.15) is 0 Å². The molecule has 2 atom stereocenters. The van der Waals surface area contributed by atoms with Crippen LogP contribution in [0.3, 0.4) is 0 Å². The Labute approximate surface area is 176 Å². The van der Waals surface area contributed by atoms with E-state index in [2.05, 4.69) is 5.32 Å². The molecule has 0 fully saturated rings. The molecule has 0 saturated heterocycles. The highest BCUT2D eigenvalue weighted by Gasteiger charge is 2.29. The van der Waals surface area contributed by atoms with Gasteiger partial charge < -0.3 is 19.7 Å². The maximum Gasteiger partial charge on any atom is 0.223 e. The fourth-order valence-corrected chi connectivity index (χ4v) is 2.51. The summed E-state index contributed by atoms with van der Waals surface area (Å²) in [7, 11) is 1.62. The lowest BCUT2D eigenvalue weighted by atomic mass is 9.96. The van der Waals surface area contributed by atoms with Crippen molar-refractivity contribution in [2.75, 3.05) is 20.2 Å². The summed E-state index contributed by atoms with van der Waals surface area (Å²) in [5, 5.41) is 2.91. The number of rotatable bonds is 13. The second-order valence-electron chi connectivity index (χ2n) is 8.29. The number of ether oxygens (including phenoxy) is 1. The van der Waals surface area contributed by atoms with Crippen LogP contribution in [0.5, 0.6) is 0 Å². The van der Waals surface area contributed by atoms with E-state index in [1.54, 1.807) is 14.0 Å². The maximum absolute atomic E-state index is 12.2. The lowest BCUT2D eigenvalue weighted by molar-refractivity contribution is -0.134. The molecule has 0 aliphatic rings. The van der Waals surface area contributed by atoms with Crippen molar-refractivity contribution < 1.29 is 23.9 Å². The van der Waals surface area contributed by atoms with Gasteiger partial charge in [0, 0.05) is 38.8 Å². The number of carbonyl (C=O) groups excluding carboxylic acids is 4. The van der Waals surface area contributed by atoms with Crippen molar-refractivity contribution in [3.63, 3.8) is 0 Å². The van der Waals surface area contributed by atoms with E-state index in [4.69, 9.17) is 4.74 Å². The molecule has 0 saturated carbocycles. The van der Waals surface area contributed by atoms with Gasteiger partial charge in [0.1, 0.15) is 12.1 Å². The zero-order valence-electron chi connectivity index (χ0n) is 19.9. The summed E-state index contributed by atoms with van der Waals surface area (Å²) in [5.41, 5.74) is -1.14. The monoisotopic (exact) mass is 414 g/mol. The summed E-state index contributed by atoms with van der Waals surface area (Å²) in [6, 6.07) is 0. The molecule has 0 heterocycles. The number of hydrogen-bond acceptors (Lipinski definition) is 5. The Morgan fingerprint density at radius 1 is 1.17 bits per heavy atom. The van der Waals surface area contributed by atoms with Crippen molar-refractivity contribution in [3.8, 4) is 0 Å². The van der Waals surface area contributed by atoms with E-state index >= 15 is 0 Å². The van der Waals surface area contributed by atoms with Crippen LogP contribution >= 0.6 is 0 Å². The average Bonchev–Trinajstić information content (AvgIpc) is 2.65. The first-order valence-electron chi connectivity index (χ1n) is 10.5. The van der Waals surface area contributed by atoms with Crippen molar-refractivity contribution in [3.05, 3.63) is 0 Å². The van der Waals surface area contributed by atoms with Crippen LogP contribution in [0.1, 0.15) is 81.1 Å². The van der Waals surface area contributed by atoms with Gasteiger partial charge in [0.2, 0.25) is 11.8 Å². The first-order valence-corrected chi connectivity index (χ1v) is 10.5. The molecule has 170 valence electrons. The summed E-state index contributed by atoms with van der Waals surface area (Å²) in [4.78, 5) is 47.7. The second-order valence-corrected chi connectivity index (χ2v) is 8.29. The number of ketones is 1. The topological polar surface area (TPSA) is 92.8 Å². The van der Waals surface area contributed by atoms with Gasteiger partial charge in [0.15, 0.2) is 0 Å². The van der Waals surface area contributed by atoms with Crippen molar-refractivity contribution in [2.45, 2.75) is 92.2 Å². The van der Waals surface area contributed by atoms with Crippen LogP contribution in [0.2, 0.25) is 0 Å². The molecule has 0 spiro atoms. The minimum Gasteiger partial charge on any atom is -0.372 e. The number of hydrogen-bond donors (Lipinski definition) is 1. The third kappa shape index (κ3) is 14.0. The van der Waals surface area contributed by atoms with Crippen LogP contribution in [-0.4, -0.2) is 60.1 Å². The summed E-state index contributed by atoms with van der Waals surface area (Å²) >= 11 is 0. The first-order chi connectivity index (χ1) is 13.3. The molecule has 0 radical (unpaired) electrons. The van der Waals surface area contributed by atoms with Crippen molar-refractivity contribution >= 4 is 23.9 Å². The first kappa shape index (κ1) is 29.4. The van der Waals surface area contributed by atoms with Crippen molar-refractivity contribution in [2.24, 2.45) is 5.92 Å². The average molecular weight is 415 g/mol. The van der Waals surface area contributed by atoms with Crippen LogP contribution in [0.15, 0.2) is 0 Å². The van der Waals surface area contributed by atoms with Crippen molar-refractivity contribution in [1.82, 2.24) is 10.2 Å². The van der Waals surface area contributed by atoms with E-state index in [1.165, 1.54) is 11.8 Å². The van der Waals surface area contributed by atoms with Gasteiger partial charge in [0.05, 0.1) is 17.7 Å². The normalized spacial score (nSPS) is 14.0. The molecule has 0 bridgehead atoms. The molecule has 1 N–H and O–H groups in total. The van der Waals surface area contributed by atoms with Gasteiger partial charge in [0.25, 0.3) is 0 Å². The number of carbonyl (C=O) groups is 4. The molecule has 0 aliphatic heterocycles. The van der Waals surface area contributed by atoms with Gasteiger partial charge >= 0.3 is 0 Å². The molecule has 0 rings (SSSR count). The predicted molar refractivity (Wildman–Crippen MR) is 116 cm³/mol. The molecule has 0 aliphatic carbocycles. The molecule has 7 heteroatoms. The van der Waals surface area contributed by atoms with Crippen LogP contribution in [0.4, 0.5) is 0 Å². The minimum atomic E-state index is -0.598. The predicted octanol–water partition coefficient (Wildman–Crippen LogP) is 3.15. The minimum absolute atomic E-state index is 0.0674. The largest absolute Gasteiger partial charge is 0.372 e. The van der Waals surface area contributed by atoms with E-state index < -0.39 is 11.1 Å². The Morgan fingerprint density at radius 3 is 2.17 bits per heavy atom. The molecule has 2 amide bonds. The highest BCUT2D eigenvalue weighted by molar-refractivity contribution is 5.80. The third-order valence-electron chi connectivity index (χ3n) is 4.46. The Hall–Kier alpha value is -1.76. The molecule has 0 aromatic carbocycles. The Balaban J connectivity index is 0. The summed E-state index contributed by atoms with van der Waals surface area (Å²) < 4.78 is 5.94. The molecule has 0 aromatic heterocycles. The lowest BCUT2D eigenvalue weighted by Crippen LogP contribution is -2.49. The lowest BCUT2D eigenvalue weighted by Gasteiger charge is -2.34. The number of nitrogens with one attached hydrogen (secondary N) is 1. The van der Waals surface area contributed by atoms with E-state index in [-0.39, 0.29) is 49.5 Å². The van der Waals surface area contributed by atoms with E-state index in [0.29, 0.717) is 12.8 Å². The van der Waals surface area contributed by atoms with Crippen LogP contribution in [0, 0.1) is 5.92 Å².